The summed E-state index contributed by atoms with van der Waals surface area (Å²) in [6.07, 6.45) is 4.13. The molecule has 1 aromatic rings. The summed E-state index contributed by atoms with van der Waals surface area (Å²) in [5, 5.41) is 3.97. The van der Waals surface area contributed by atoms with Gasteiger partial charge in [-0.05, 0) is 55.5 Å². The zero-order valence-electron chi connectivity index (χ0n) is 12.4. The Bertz CT molecular complexity index is 541. The number of nitrogens with two attached hydrogens (primary N) is 1. The third kappa shape index (κ3) is 3.73. The Kier molecular flexibility index (Phi) is 6.45. The van der Waals surface area contributed by atoms with E-state index in [0.717, 1.165) is 42.0 Å². The fourth-order valence-corrected chi connectivity index (χ4v) is 4.74. The fraction of sp³-hybridized carbons (Fsp3) is 0.562. The molecule has 0 saturated heterocycles. The average Bonchev–Trinajstić information content (AvgIpc) is 2.96. The molecule has 6 heteroatoms. The molecule has 1 aliphatic heterocycles. The van der Waals surface area contributed by atoms with Gasteiger partial charge in [-0.2, -0.15) is 0 Å². The lowest BCUT2D eigenvalue weighted by Gasteiger charge is -2.28. The molecule has 3 N–H and O–H groups in total. The molecule has 3 rings (SSSR count). The Morgan fingerprint density at radius 2 is 2.18 bits per heavy atom. The first-order valence-electron chi connectivity index (χ1n) is 7.61. The van der Waals surface area contributed by atoms with Gasteiger partial charge in [-0.15, -0.1) is 24.2 Å². The van der Waals surface area contributed by atoms with Crippen LogP contribution >= 0.6 is 35.8 Å². The highest BCUT2D eigenvalue weighted by molar-refractivity contribution is 7.99. The monoisotopic (exact) mass is 360 g/mol. The molecule has 122 valence electrons. The summed E-state index contributed by atoms with van der Waals surface area (Å²) in [6, 6.07) is 6.05. The molecule has 22 heavy (non-hydrogen) atoms. The summed E-state index contributed by atoms with van der Waals surface area (Å²) in [5.74, 6) is 1.64. The van der Waals surface area contributed by atoms with E-state index in [9.17, 15) is 4.79 Å². The van der Waals surface area contributed by atoms with E-state index in [1.807, 2.05) is 23.9 Å². The number of halogens is 2. The highest BCUT2D eigenvalue weighted by Crippen LogP contribution is 2.38. The van der Waals surface area contributed by atoms with Crippen molar-refractivity contribution in [3.8, 4) is 0 Å². The molecule has 1 saturated carbocycles. The van der Waals surface area contributed by atoms with E-state index in [4.69, 9.17) is 17.3 Å². The van der Waals surface area contributed by atoms with Crippen molar-refractivity contribution in [3.05, 3.63) is 28.8 Å². The van der Waals surface area contributed by atoms with Crippen molar-refractivity contribution < 1.29 is 4.79 Å². The summed E-state index contributed by atoms with van der Waals surface area (Å²) in [6.45, 7) is 0.612. The van der Waals surface area contributed by atoms with Crippen LogP contribution in [0.15, 0.2) is 23.1 Å². The second-order valence-corrected chi connectivity index (χ2v) is 7.49. The highest BCUT2D eigenvalue weighted by atomic mass is 35.5. The third-order valence-corrected chi connectivity index (χ3v) is 5.98. The summed E-state index contributed by atoms with van der Waals surface area (Å²) in [4.78, 5) is 13.8. The number of rotatable bonds is 3. The van der Waals surface area contributed by atoms with Crippen molar-refractivity contribution in [2.75, 3.05) is 12.3 Å². The topological polar surface area (TPSA) is 55.1 Å². The van der Waals surface area contributed by atoms with E-state index in [0.29, 0.717) is 12.5 Å². The second-order valence-electron chi connectivity index (χ2n) is 5.91. The largest absolute Gasteiger partial charge is 0.349 e. The van der Waals surface area contributed by atoms with Gasteiger partial charge in [0.1, 0.15) is 0 Å². The average molecular weight is 361 g/mol. The van der Waals surface area contributed by atoms with Crippen LogP contribution in [0.1, 0.15) is 37.3 Å². The van der Waals surface area contributed by atoms with Gasteiger partial charge in [0.05, 0.1) is 6.04 Å². The smallest absolute Gasteiger partial charge is 0.223 e. The molecule has 1 aliphatic carbocycles. The molecule has 1 aromatic carbocycles. The Morgan fingerprint density at radius 3 is 2.95 bits per heavy atom. The zero-order valence-corrected chi connectivity index (χ0v) is 14.8. The molecule has 0 aromatic heterocycles. The number of carbonyl (C=O) groups is 1. The molecule has 0 radical (unpaired) electrons. The summed E-state index contributed by atoms with van der Waals surface area (Å²) < 4.78 is 0. The minimum Gasteiger partial charge on any atom is -0.349 e. The number of nitrogens with one attached hydrogen (secondary N) is 1. The number of amides is 1. The first-order valence-corrected chi connectivity index (χ1v) is 8.98. The highest BCUT2D eigenvalue weighted by Gasteiger charge is 2.33. The van der Waals surface area contributed by atoms with E-state index in [-0.39, 0.29) is 30.3 Å². The van der Waals surface area contributed by atoms with Crippen molar-refractivity contribution >= 4 is 41.7 Å². The molecular weight excluding hydrogens is 339 g/mol. The second kappa shape index (κ2) is 7.91. The van der Waals surface area contributed by atoms with Crippen molar-refractivity contribution in [1.29, 1.82) is 0 Å². The lowest BCUT2D eigenvalue weighted by Crippen LogP contribution is -2.38. The van der Waals surface area contributed by atoms with Gasteiger partial charge < -0.3 is 11.1 Å². The van der Waals surface area contributed by atoms with Crippen molar-refractivity contribution in [2.24, 2.45) is 17.6 Å². The van der Waals surface area contributed by atoms with Gasteiger partial charge >= 0.3 is 0 Å². The summed E-state index contributed by atoms with van der Waals surface area (Å²) in [7, 11) is 0. The number of hydrogen-bond donors (Lipinski definition) is 2. The Morgan fingerprint density at radius 1 is 1.36 bits per heavy atom. The summed E-state index contributed by atoms with van der Waals surface area (Å²) >= 11 is 7.95. The molecule has 1 unspecified atom stereocenters. The first kappa shape index (κ1) is 17.9. The van der Waals surface area contributed by atoms with Crippen LogP contribution in [-0.2, 0) is 4.79 Å². The lowest BCUT2D eigenvalue weighted by atomic mass is 9.94. The molecular formula is C16H22Cl2N2OS. The van der Waals surface area contributed by atoms with Crippen LogP contribution in [0.2, 0.25) is 5.02 Å². The molecule has 3 nitrogen and oxygen atoms in total. The normalized spacial score (nSPS) is 26.9. The number of fused-ring (bicyclic) bond motifs is 1. The van der Waals surface area contributed by atoms with Crippen molar-refractivity contribution in [3.63, 3.8) is 0 Å². The Labute approximate surface area is 147 Å². The van der Waals surface area contributed by atoms with E-state index >= 15 is 0 Å². The number of benzene rings is 1. The molecule has 1 amide bonds. The van der Waals surface area contributed by atoms with Gasteiger partial charge in [-0.3, -0.25) is 4.79 Å². The maximum Gasteiger partial charge on any atom is 0.223 e. The summed E-state index contributed by atoms with van der Waals surface area (Å²) in [5.41, 5.74) is 6.95. The van der Waals surface area contributed by atoms with Crippen LogP contribution in [0.5, 0.6) is 0 Å². The van der Waals surface area contributed by atoms with E-state index in [1.54, 1.807) is 0 Å². The predicted molar refractivity (Wildman–Crippen MR) is 94.8 cm³/mol. The standard InChI is InChI=1S/C16H21ClN2OS.ClH/c17-11-4-5-15-13(8-11)14(6-7-21-15)19-16(20)12-3-1-2-10(12)9-18;/h4-5,8,10,12,14H,1-3,6-7,9,18H2,(H,19,20);1H/t10-,12-,14?;/m1./s1. The minimum atomic E-state index is 0. The number of carbonyl (C=O) groups excluding carboxylic acids is 1. The minimum absolute atomic E-state index is 0. The molecule has 2 aliphatic rings. The van der Waals surface area contributed by atoms with Gasteiger partial charge in [0.15, 0.2) is 0 Å². The van der Waals surface area contributed by atoms with Crippen LogP contribution in [0, 0.1) is 11.8 Å². The Hall–Kier alpha value is -0.420. The van der Waals surface area contributed by atoms with Crippen LogP contribution in [0.3, 0.4) is 0 Å². The molecule has 3 atom stereocenters. The van der Waals surface area contributed by atoms with E-state index < -0.39 is 0 Å². The first-order chi connectivity index (χ1) is 10.2. The van der Waals surface area contributed by atoms with Crippen molar-refractivity contribution in [2.45, 2.75) is 36.6 Å². The van der Waals surface area contributed by atoms with E-state index in [1.165, 1.54) is 4.90 Å². The van der Waals surface area contributed by atoms with Crippen molar-refractivity contribution in [1.82, 2.24) is 5.32 Å². The van der Waals surface area contributed by atoms with E-state index in [2.05, 4.69) is 11.4 Å². The molecule has 0 spiro atoms. The molecule has 0 bridgehead atoms. The lowest BCUT2D eigenvalue weighted by molar-refractivity contribution is -0.126. The Balaban J connectivity index is 0.00000176. The molecule has 1 heterocycles. The van der Waals surface area contributed by atoms with Gasteiger partial charge in [0, 0.05) is 21.6 Å². The zero-order chi connectivity index (χ0) is 14.8. The van der Waals surface area contributed by atoms with Crippen LogP contribution in [0.4, 0.5) is 0 Å². The van der Waals surface area contributed by atoms with Crippen LogP contribution < -0.4 is 11.1 Å². The van der Waals surface area contributed by atoms with Crippen LogP contribution in [-0.4, -0.2) is 18.2 Å². The maximum absolute atomic E-state index is 12.6. The maximum atomic E-state index is 12.6. The number of thioether (sulfide) groups is 1. The van der Waals surface area contributed by atoms with Crippen LogP contribution in [0.25, 0.3) is 0 Å². The van der Waals surface area contributed by atoms with Gasteiger partial charge in [0.2, 0.25) is 5.91 Å². The number of hydrogen-bond acceptors (Lipinski definition) is 3. The fourth-order valence-electron chi connectivity index (χ4n) is 3.46. The predicted octanol–water partition coefficient (Wildman–Crippen LogP) is 3.79. The van der Waals surface area contributed by atoms with Gasteiger partial charge in [-0.25, -0.2) is 0 Å². The van der Waals surface area contributed by atoms with Gasteiger partial charge in [0.25, 0.3) is 0 Å². The molecule has 1 fully saturated rings. The third-order valence-electron chi connectivity index (χ3n) is 4.63. The SMILES string of the molecule is Cl.NC[C@H]1CCC[C@H]1C(=O)NC1CCSc2ccc(Cl)cc21. The van der Waals surface area contributed by atoms with Gasteiger partial charge in [-0.1, -0.05) is 18.0 Å². The quantitative estimate of drug-likeness (QED) is 0.861.